The van der Waals surface area contributed by atoms with Crippen molar-refractivity contribution < 1.29 is 14.6 Å². The third-order valence-corrected chi connectivity index (χ3v) is 5.84. The van der Waals surface area contributed by atoms with Gasteiger partial charge in [0.2, 0.25) is 0 Å². The SMILES string of the molecule is CC(C)CC(=O)CC(CCC1CCCCC1)N1CC([N+](=O)[O-])([N+](=O)[O-])C1. The van der Waals surface area contributed by atoms with Crippen molar-refractivity contribution in [2.75, 3.05) is 13.1 Å². The molecule has 0 aromatic rings. The number of nitrogens with zero attached hydrogens (tertiary/aromatic N) is 3. The summed E-state index contributed by atoms with van der Waals surface area (Å²) in [5, 5.41) is 22.3. The van der Waals surface area contributed by atoms with Crippen LogP contribution < -0.4 is 0 Å². The number of hydrogen-bond acceptors (Lipinski definition) is 6. The number of Topliss-reactive ketones (excluding diaryl/α,β-unsaturated/α-hetero) is 1. The fourth-order valence-corrected chi connectivity index (χ4v) is 4.28. The van der Waals surface area contributed by atoms with Gasteiger partial charge in [0.05, 0.1) is 0 Å². The number of nitro groups is 2. The Bertz CT molecular complexity index is 509. The van der Waals surface area contributed by atoms with Gasteiger partial charge in [-0.25, -0.2) is 0 Å². The van der Waals surface area contributed by atoms with Gasteiger partial charge in [0.15, 0.2) is 0 Å². The van der Waals surface area contributed by atoms with Gasteiger partial charge in [-0.3, -0.25) is 29.9 Å². The Hall–Kier alpha value is -1.57. The Kier molecular flexibility index (Phi) is 7.08. The highest BCUT2D eigenvalue weighted by Crippen LogP contribution is 2.33. The predicted molar refractivity (Wildman–Crippen MR) is 97.0 cm³/mol. The van der Waals surface area contributed by atoms with Crippen molar-refractivity contribution >= 4 is 5.78 Å². The van der Waals surface area contributed by atoms with Crippen LogP contribution in [0.5, 0.6) is 0 Å². The van der Waals surface area contributed by atoms with Crippen LogP contribution in [0.1, 0.15) is 71.6 Å². The Morgan fingerprint density at radius 3 is 2.15 bits per heavy atom. The summed E-state index contributed by atoms with van der Waals surface area (Å²) in [6.07, 6.45) is 8.82. The third kappa shape index (κ3) is 4.99. The summed E-state index contributed by atoms with van der Waals surface area (Å²) in [5.41, 5.74) is -2.09. The van der Waals surface area contributed by atoms with Gasteiger partial charge in [-0.1, -0.05) is 46.0 Å². The average molecular weight is 369 g/mol. The first-order valence-corrected chi connectivity index (χ1v) is 9.79. The van der Waals surface area contributed by atoms with Gasteiger partial charge >= 0.3 is 5.66 Å². The second-order valence-corrected chi connectivity index (χ2v) is 8.48. The number of likely N-dealkylation sites (tertiary alicyclic amines) is 1. The van der Waals surface area contributed by atoms with E-state index in [1.807, 2.05) is 13.8 Å². The van der Waals surface area contributed by atoms with Crippen LogP contribution in [0.25, 0.3) is 0 Å². The minimum Gasteiger partial charge on any atom is -0.300 e. The van der Waals surface area contributed by atoms with Gasteiger partial charge in [-0.15, -0.1) is 0 Å². The van der Waals surface area contributed by atoms with E-state index in [0.29, 0.717) is 18.8 Å². The second-order valence-electron chi connectivity index (χ2n) is 8.48. The topological polar surface area (TPSA) is 107 Å². The smallest absolute Gasteiger partial charge is 0.300 e. The molecule has 0 aromatic carbocycles. The lowest BCUT2D eigenvalue weighted by atomic mass is 9.83. The maximum atomic E-state index is 12.3. The van der Waals surface area contributed by atoms with Gasteiger partial charge in [0, 0.05) is 18.9 Å². The summed E-state index contributed by atoms with van der Waals surface area (Å²) < 4.78 is 0. The Morgan fingerprint density at radius 1 is 1.08 bits per heavy atom. The Labute approximate surface area is 154 Å². The molecule has 0 spiro atoms. The molecule has 0 amide bonds. The lowest BCUT2D eigenvalue weighted by Crippen LogP contribution is -2.72. The largest absolute Gasteiger partial charge is 0.482 e. The van der Waals surface area contributed by atoms with Crippen molar-refractivity contribution in [1.29, 1.82) is 0 Å². The molecule has 1 atom stereocenters. The van der Waals surface area contributed by atoms with Gasteiger partial charge in [-0.2, -0.15) is 0 Å². The minimum absolute atomic E-state index is 0.115. The zero-order chi connectivity index (χ0) is 19.3. The van der Waals surface area contributed by atoms with E-state index < -0.39 is 15.5 Å². The quantitative estimate of drug-likeness (QED) is 0.332. The molecule has 2 aliphatic rings. The van der Waals surface area contributed by atoms with Gasteiger partial charge in [-0.05, 0) is 24.7 Å². The summed E-state index contributed by atoms with van der Waals surface area (Å²) in [7, 11) is 0. The first-order chi connectivity index (χ1) is 12.2. The summed E-state index contributed by atoms with van der Waals surface area (Å²) in [5.74, 6) is 1.08. The van der Waals surface area contributed by atoms with Crippen LogP contribution in [0.3, 0.4) is 0 Å². The zero-order valence-electron chi connectivity index (χ0n) is 15.9. The molecule has 1 heterocycles. The van der Waals surface area contributed by atoms with Crippen molar-refractivity contribution in [1.82, 2.24) is 4.90 Å². The van der Waals surface area contributed by atoms with Crippen LogP contribution in [0, 0.1) is 32.1 Å². The van der Waals surface area contributed by atoms with E-state index >= 15 is 0 Å². The molecule has 1 saturated heterocycles. The monoisotopic (exact) mass is 369 g/mol. The predicted octanol–water partition coefficient (Wildman–Crippen LogP) is 3.29. The maximum Gasteiger partial charge on any atom is 0.482 e. The van der Waals surface area contributed by atoms with Crippen LogP contribution in [0.2, 0.25) is 0 Å². The molecule has 8 heteroatoms. The van der Waals surface area contributed by atoms with Gasteiger partial charge < -0.3 is 0 Å². The van der Waals surface area contributed by atoms with Crippen molar-refractivity contribution in [2.45, 2.75) is 83.3 Å². The van der Waals surface area contributed by atoms with E-state index in [4.69, 9.17) is 0 Å². The molecule has 8 nitrogen and oxygen atoms in total. The number of carbonyl (C=O) groups excluding carboxylic acids is 1. The Morgan fingerprint density at radius 2 is 1.65 bits per heavy atom. The average Bonchev–Trinajstić information content (AvgIpc) is 2.50. The molecule has 148 valence electrons. The summed E-state index contributed by atoms with van der Waals surface area (Å²) >= 11 is 0. The lowest BCUT2D eigenvalue weighted by molar-refractivity contribution is -0.811. The molecule has 1 aliphatic heterocycles. The molecule has 26 heavy (non-hydrogen) atoms. The van der Waals surface area contributed by atoms with Crippen LogP contribution in [-0.4, -0.2) is 45.3 Å². The molecular weight excluding hydrogens is 338 g/mol. The molecule has 1 unspecified atom stereocenters. The summed E-state index contributed by atoms with van der Waals surface area (Å²) in [6.45, 7) is 3.58. The molecule has 2 fully saturated rings. The van der Waals surface area contributed by atoms with Crippen molar-refractivity contribution in [3.63, 3.8) is 0 Å². The molecule has 1 aliphatic carbocycles. The lowest BCUT2D eigenvalue weighted by Gasteiger charge is -2.41. The maximum absolute atomic E-state index is 12.3. The van der Waals surface area contributed by atoms with Gasteiger partial charge in [0.1, 0.15) is 28.7 Å². The van der Waals surface area contributed by atoms with E-state index in [0.717, 1.165) is 12.8 Å². The fourth-order valence-electron chi connectivity index (χ4n) is 4.28. The summed E-state index contributed by atoms with van der Waals surface area (Å²) in [4.78, 5) is 34.8. The number of hydrogen-bond donors (Lipinski definition) is 0. The van der Waals surface area contributed by atoms with Crippen molar-refractivity contribution in [3.05, 3.63) is 20.2 Å². The summed E-state index contributed by atoms with van der Waals surface area (Å²) in [6, 6.07) is -0.115. The molecule has 0 radical (unpaired) electrons. The van der Waals surface area contributed by atoms with E-state index in [9.17, 15) is 25.0 Å². The standard InChI is InChI=1S/C18H31N3O5/c1-14(2)10-17(22)11-16(9-8-15-6-4-3-5-7-15)19-12-18(13-19,20(23)24)21(25)26/h14-16H,3-13H2,1-2H3. The zero-order valence-corrected chi connectivity index (χ0v) is 15.9. The number of carbonyl (C=O) groups is 1. The minimum atomic E-state index is -2.09. The normalized spacial score (nSPS) is 22.0. The number of rotatable bonds is 10. The second kappa shape index (κ2) is 8.88. The third-order valence-electron chi connectivity index (χ3n) is 5.84. The van der Waals surface area contributed by atoms with E-state index in [1.165, 1.54) is 32.1 Å². The first-order valence-electron chi connectivity index (χ1n) is 9.79. The van der Waals surface area contributed by atoms with Gasteiger partial charge in [0.25, 0.3) is 0 Å². The van der Waals surface area contributed by atoms with Crippen LogP contribution in [-0.2, 0) is 4.79 Å². The van der Waals surface area contributed by atoms with Crippen LogP contribution >= 0.6 is 0 Å². The molecule has 2 rings (SSSR count). The van der Waals surface area contributed by atoms with E-state index in [2.05, 4.69) is 0 Å². The van der Waals surface area contributed by atoms with E-state index in [-0.39, 0.29) is 30.8 Å². The van der Waals surface area contributed by atoms with Crippen LogP contribution in [0.15, 0.2) is 0 Å². The highest BCUT2D eigenvalue weighted by Gasteiger charge is 2.67. The number of ketones is 1. The molecule has 1 saturated carbocycles. The first kappa shape index (κ1) is 20.7. The van der Waals surface area contributed by atoms with E-state index in [1.54, 1.807) is 4.90 Å². The van der Waals surface area contributed by atoms with Crippen molar-refractivity contribution in [2.24, 2.45) is 11.8 Å². The highest BCUT2D eigenvalue weighted by molar-refractivity contribution is 5.79. The molecule has 0 N–H and O–H groups in total. The van der Waals surface area contributed by atoms with Crippen LogP contribution in [0.4, 0.5) is 0 Å². The Balaban J connectivity index is 1.97. The fraction of sp³-hybridized carbons (Fsp3) is 0.944. The molecule has 0 aromatic heterocycles. The molecular formula is C18H31N3O5. The molecule has 0 bridgehead atoms. The van der Waals surface area contributed by atoms with Crippen molar-refractivity contribution in [3.8, 4) is 0 Å². The highest BCUT2D eigenvalue weighted by atomic mass is 16.7.